The molecule has 1 atom stereocenters. The van der Waals surface area contributed by atoms with E-state index in [1.165, 1.54) is 5.56 Å². The van der Waals surface area contributed by atoms with Gasteiger partial charge in [-0.2, -0.15) is 0 Å². The highest BCUT2D eigenvalue weighted by Crippen LogP contribution is 2.35. The molecule has 0 heterocycles. The molecule has 0 spiro atoms. The number of rotatable bonds is 5. The van der Waals surface area contributed by atoms with Gasteiger partial charge in [0.2, 0.25) is 0 Å². The smallest absolute Gasteiger partial charge is 0.321 e. The lowest BCUT2D eigenvalue weighted by molar-refractivity contribution is -0.137. The first kappa shape index (κ1) is 16.3. The topological polar surface area (TPSA) is 63.3 Å². The van der Waals surface area contributed by atoms with Gasteiger partial charge in [-0.15, -0.1) is 24.2 Å². The van der Waals surface area contributed by atoms with Crippen LogP contribution in [0, 0.1) is 0 Å². The van der Waals surface area contributed by atoms with Crippen LogP contribution in [-0.2, 0) is 9.54 Å². The average Bonchev–Trinajstić information content (AvgIpc) is 2.27. The van der Waals surface area contributed by atoms with E-state index < -0.39 is 12.0 Å². The third-order valence-electron chi connectivity index (χ3n) is 2.41. The molecule has 0 amide bonds. The maximum atomic E-state index is 10.6. The first-order valence-corrected chi connectivity index (χ1v) is 6.10. The summed E-state index contributed by atoms with van der Waals surface area (Å²) in [5.41, 5.74) is 6.66. The highest BCUT2D eigenvalue weighted by molar-refractivity contribution is 8.00. The molecule has 1 rings (SSSR count). The van der Waals surface area contributed by atoms with Crippen molar-refractivity contribution < 1.29 is 9.90 Å². The highest BCUT2D eigenvalue weighted by Gasteiger charge is 2.23. The molecular weight excluding hydrogens is 258 g/mol. The number of carboxylic acid groups (broad SMARTS) is 1. The first-order valence-electron chi connectivity index (χ1n) is 5.11. The molecule has 1 aromatic carbocycles. The van der Waals surface area contributed by atoms with E-state index in [-0.39, 0.29) is 17.2 Å². The van der Waals surface area contributed by atoms with Gasteiger partial charge in [-0.3, -0.25) is 4.79 Å². The van der Waals surface area contributed by atoms with E-state index in [4.69, 9.17) is 10.8 Å². The van der Waals surface area contributed by atoms with Crippen LogP contribution < -0.4 is 5.73 Å². The number of hydrogen-bond acceptors (Lipinski definition) is 3. The molecule has 0 saturated carbocycles. The first-order chi connectivity index (χ1) is 7.43. The summed E-state index contributed by atoms with van der Waals surface area (Å²) in [6, 6.07) is 9.21. The summed E-state index contributed by atoms with van der Waals surface area (Å²) in [6.07, 6.45) is 0. The highest BCUT2D eigenvalue weighted by atomic mass is 35.5. The van der Waals surface area contributed by atoms with Crippen molar-refractivity contribution in [3.63, 3.8) is 0 Å². The third kappa shape index (κ3) is 4.98. The van der Waals surface area contributed by atoms with Crippen molar-refractivity contribution in [2.75, 3.05) is 5.75 Å². The van der Waals surface area contributed by atoms with Crippen LogP contribution in [0.25, 0.3) is 0 Å². The largest absolute Gasteiger partial charge is 0.480 e. The van der Waals surface area contributed by atoms with Gasteiger partial charge in [0.25, 0.3) is 0 Å². The minimum absolute atomic E-state index is 0. The number of nitrogens with two attached hydrogens (primary N) is 1. The second-order valence-electron chi connectivity index (χ2n) is 4.13. The summed E-state index contributed by atoms with van der Waals surface area (Å²) in [7, 11) is 0. The zero-order valence-corrected chi connectivity index (χ0v) is 11.6. The number of benzene rings is 1. The molecule has 17 heavy (non-hydrogen) atoms. The van der Waals surface area contributed by atoms with Gasteiger partial charge in [-0.05, 0) is 19.4 Å². The Kier molecular flexibility index (Phi) is 6.60. The van der Waals surface area contributed by atoms with E-state index in [1.807, 2.05) is 30.3 Å². The average molecular weight is 276 g/mol. The summed E-state index contributed by atoms with van der Waals surface area (Å²) in [4.78, 5) is 10.6. The predicted octanol–water partition coefficient (Wildman–Crippen LogP) is 2.49. The minimum atomic E-state index is -0.948. The van der Waals surface area contributed by atoms with E-state index in [9.17, 15) is 4.79 Å². The van der Waals surface area contributed by atoms with Gasteiger partial charge in [0.05, 0.1) is 0 Å². The quantitative estimate of drug-likeness (QED) is 0.867. The molecular formula is C12H18ClNO2S. The summed E-state index contributed by atoms with van der Waals surface area (Å²) in [5, 5.41) is 8.71. The van der Waals surface area contributed by atoms with E-state index in [2.05, 4.69) is 13.8 Å². The molecule has 0 aliphatic rings. The third-order valence-corrected chi connectivity index (χ3v) is 3.89. The molecule has 96 valence electrons. The van der Waals surface area contributed by atoms with Crippen LogP contribution in [0.4, 0.5) is 0 Å². The Morgan fingerprint density at radius 3 is 2.41 bits per heavy atom. The van der Waals surface area contributed by atoms with Crippen molar-refractivity contribution in [1.82, 2.24) is 0 Å². The van der Waals surface area contributed by atoms with E-state index in [1.54, 1.807) is 11.8 Å². The predicted molar refractivity (Wildman–Crippen MR) is 74.8 cm³/mol. The molecule has 3 N–H and O–H groups in total. The summed E-state index contributed by atoms with van der Waals surface area (Å²) < 4.78 is -0.117. The van der Waals surface area contributed by atoms with Crippen molar-refractivity contribution in [3.05, 3.63) is 35.9 Å². The lowest BCUT2D eigenvalue weighted by Gasteiger charge is -2.25. The lowest BCUT2D eigenvalue weighted by Crippen LogP contribution is -2.34. The Morgan fingerprint density at radius 2 is 1.94 bits per heavy atom. The molecule has 0 radical (unpaired) electrons. The van der Waals surface area contributed by atoms with Gasteiger partial charge in [0, 0.05) is 10.5 Å². The number of halogens is 1. The second-order valence-corrected chi connectivity index (χ2v) is 5.77. The van der Waals surface area contributed by atoms with Gasteiger partial charge in [-0.1, -0.05) is 30.3 Å². The molecule has 0 bridgehead atoms. The molecule has 0 aliphatic heterocycles. The van der Waals surface area contributed by atoms with Gasteiger partial charge < -0.3 is 10.8 Å². The molecule has 0 aromatic heterocycles. The number of carbonyl (C=O) groups is 1. The number of hydrogen-bond donors (Lipinski definition) is 2. The maximum Gasteiger partial charge on any atom is 0.321 e. The molecule has 5 heteroatoms. The molecule has 0 fully saturated rings. The molecule has 0 unspecified atom stereocenters. The van der Waals surface area contributed by atoms with Gasteiger partial charge >= 0.3 is 5.97 Å². The Morgan fingerprint density at radius 1 is 1.41 bits per heavy atom. The van der Waals surface area contributed by atoms with Crippen molar-refractivity contribution in [3.8, 4) is 0 Å². The second kappa shape index (κ2) is 6.89. The fourth-order valence-electron chi connectivity index (χ4n) is 1.29. The lowest BCUT2D eigenvalue weighted by atomic mass is 10.0. The van der Waals surface area contributed by atoms with Crippen LogP contribution >= 0.6 is 24.2 Å². The maximum absolute atomic E-state index is 10.6. The summed E-state index contributed by atoms with van der Waals surface area (Å²) in [5.74, 6) is -0.534. The van der Waals surface area contributed by atoms with Crippen LogP contribution in [0.15, 0.2) is 30.3 Å². The Bertz CT molecular complexity index is 357. The van der Waals surface area contributed by atoms with Crippen molar-refractivity contribution in [1.29, 1.82) is 0 Å². The monoisotopic (exact) mass is 275 g/mol. The van der Waals surface area contributed by atoms with Gasteiger partial charge in [-0.25, -0.2) is 0 Å². The fraction of sp³-hybridized carbons (Fsp3) is 0.417. The Balaban J connectivity index is 0.00000256. The van der Waals surface area contributed by atoms with E-state index in [0.29, 0.717) is 5.75 Å². The van der Waals surface area contributed by atoms with Crippen LogP contribution in [0.1, 0.15) is 19.4 Å². The molecule has 0 saturated heterocycles. The van der Waals surface area contributed by atoms with Crippen LogP contribution in [-0.4, -0.2) is 22.9 Å². The van der Waals surface area contributed by atoms with Crippen LogP contribution in [0.3, 0.4) is 0 Å². The van der Waals surface area contributed by atoms with Crippen LogP contribution in [0.2, 0.25) is 0 Å². The normalized spacial score (nSPS) is 12.6. The number of carboxylic acids is 1. The summed E-state index contributed by atoms with van der Waals surface area (Å²) >= 11 is 1.56. The standard InChI is InChI=1S/C12H17NO2S.ClH/c1-12(2,9-6-4-3-5-7-9)16-8-10(13)11(14)15;/h3-7,10H,8,13H2,1-2H3,(H,14,15);1H/t10-;/m0./s1. The van der Waals surface area contributed by atoms with E-state index >= 15 is 0 Å². The van der Waals surface area contributed by atoms with E-state index in [0.717, 1.165) is 0 Å². The van der Waals surface area contributed by atoms with Crippen molar-refractivity contribution in [2.24, 2.45) is 5.73 Å². The van der Waals surface area contributed by atoms with Crippen molar-refractivity contribution in [2.45, 2.75) is 24.6 Å². The van der Waals surface area contributed by atoms with Crippen molar-refractivity contribution >= 4 is 30.1 Å². The van der Waals surface area contributed by atoms with Gasteiger partial charge in [0.1, 0.15) is 6.04 Å². The molecule has 0 aliphatic carbocycles. The molecule has 3 nitrogen and oxygen atoms in total. The SMILES string of the molecule is CC(C)(SC[C@H](N)C(=O)O)c1ccccc1.Cl. The number of aliphatic carboxylic acids is 1. The Hall–Kier alpha value is -0.710. The zero-order valence-electron chi connectivity index (χ0n) is 9.92. The summed E-state index contributed by atoms with van der Waals surface area (Å²) in [6.45, 7) is 4.14. The Labute approximate surface area is 112 Å². The molecule has 1 aromatic rings. The fourth-order valence-corrected chi connectivity index (χ4v) is 2.33. The zero-order chi connectivity index (χ0) is 12.2. The van der Waals surface area contributed by atoms with Crippen LogP contribution in [0.5, 0.6) is 0 Å². The number of thioether (sulfide) groups is 1. The minimum Gasteiger partial charge on any atom is -0.480 e. The van der Waals surface area contributed by atoms with Gasteiger partial charge in [0.15, 0.2) is 0 Å².